The van der Waals surface area contributed by atoms with Gasteiger partial charge in [-0.1, -0.05) is 42.4 Å². The Kier molecular flexibility index (Phi) is 8.48. The van der Waals surface area contributed by atoms with Gasteiger partial charge >= 0.3 is 5.97 Å². The third-order valence-electron chi connectivity index (χ3n) is 5.46. The van der Waals surface area contributed by atoms with Gasteiger partial charge in [-0.3, -0.25) is 0 Å². The summed E-state index contributed by atoms with van der Waals surface area (Å²) in [5.41, 5.74) is 2.82. The summed E-state index contributed by atoms with van der Waals surface area (Å²) in [6, 6.07) is 10.7. The number of fused-ring (bicyclic) bond motifs is 1. The summed E-state index contributed by atoms with van der Waals surface area (Å²) in [6.07, 6.45) is 0. The van der Waals surface area contributed by atoms with Gasteiger partial charge < -0.3 is 19.5 Å². The third kappa shape index (κ3) is 5.50. The number of aromatic nitrogens is 3. The summed E-state index contributed by atoms with van der Waals surface area (Å²) in [6.45, 7) is 6.53. The molecule has 0 saturated carbocycles. The SMILES string of the molecule is CCOc1cc(C2C(C(=O)OC)=C(C)Nc3nc(SCC)nn32)cc(Br)c1OCc1ccc(Cl)cc1. The van der Waals surface area contributed by atoms with E-state index < -0.39 is 12.0 Å². The first-order chi connectivity index (χ1) is 17.4. The Hall–Kier alpha value is -2.69. The summed E-state index contributed by atoms with van der Waals surface area (Å²) in [5.74, 6) is 2.03. The molecule has 8 nitrogen and oxygen atoms in total. The number of hydrogen-bond donors (Lipinski definition) is 1. The van der Waals surface area contributed by atoms with E-state index >= 15 is 0 Å². The Labute approximate surface area is 227 Å². The molecular formula is C25H26BrClN4O4S. The Bertz CT molecular complexity index is 1300. The lowest BCUT2D eigenvalue weighted by Gasteiger charge is -2.28. The van der Waals surface area contributed by atoms with Crippen LogP contribution in [0.4, 0.5) is 5.95 Å². The van der Waals surface area contributed by atoms with E-state index in [2.05, 4.69) is 31.3 Å². The molecule has 4 rings (SSSR count). The van der Waals surface area contributed by atoms with E-state index in [9.17, 15) is 4.79 Å². The Morgan fingerprint density at radius 2 is 1.97 bits per heavy atom. The van der Waals surface area contributed by atoms with E-state index in [4.69, 9.17) is 25.8 Å². The molecule has 11 heteroatoms. The number of benzene rings is 2. The second-order valence-corrected chi connectivity index (χ2v) is 10.4. The van der Waals surface area contributed by atoms with E-state index in [0.29, 0.717) is 56.6 Å². The highest BCUT2D eigenvalue weighted by atomic mass is 79.9. The van der Waals surface area contributed by atoms with E-state index in [0.717, 1.165) is 16.9 Å². The fourth-order valence-corrected chi connectivity index (χ4v) is 5.14. The van der Waals surface area contributed by atoms with Crippen LogP contribution in [0.15, 0.2) is 57.3 Å². The van der Waals surface area contributed by atoms with Crippen molar-refractivity contribution in [2.75, 3.05) is 24.8 Å². The molecule has 36 heavy (non-hydrogen) atoms. The molecule has 0 radical (unpaired) electrons. The fourth-order valence-electron chi connectivity index (χ4n) is 3.89. The van der Waals surface area contributed by atoms with Gasteiger partial charge in [0, 0.05) is 10.7 Å². The number of allylic oxidation sites excluding steroid dienone is 1. The maximum atomic E-state index is 12.9. The number of carbonyl (C=O) groups is 1. The van der Waals surface area contributed by atoms with Crippen LogP contribution >= 0.6 is 39.3 Å². The van der Waals surface area contributed by atoms with Crippen molar-refractivity contribution in [3.8, 4) is 11.5 Å². The predicted molar refractivity (Wildman–Crippen MR) is 144 cm³/mol. The lowest BCUT2D eigenvalue weighted by molar-refractivity contribution is -0.136. The van der Waals surface area contributed by atoms with Crippen LogP contribution in [0.1, 0.15) is 37.9 Å². The number of thioether (sulfide) groups is 1. The van der Waals surface area contributed by atoms with Crippen LogP contribution in [0.5, 0.6) is 11.5 Å². The third-order valence-corrected chi connectivity index (χ3v) is 7.02. The zero-order chi connectivity index (χ0) is 25.8. The van der Waals surface area contributed by atoms with Crippen LogP contribution in [0, 0.1) is 0 Å². The number of nitrogens with one attached hydrogen (secondary N) is 1. The monoisotopic (exact) mass is 592 g/mol. The molecule has 1 aliphatic heterocycles. The maximum Gasteiger partial charge on any atom is 0.338 e. The minimum absolute atomic E-state index is 0.333. The highest BCUT2D eigenvalue weighted by Crippen LogP contribution is 2.43. The van der Waals surface area contributed by atoms with Gasteiger partial charge in [0.2, 0.25) is 11.1 Å². The van der Waals surface area contributed by atoms with E-state index in [1.54, 1.807) is 4.68 Å². The molecule has 0 aliphatic carbocycles. The van der Waals surface area contributed by atoms with E-state index in [-0.39, 0.29) is 0 Å². The zero-order valence-electron chi connectivity index (χ0n) is 20.3. The normalized spacial score (nSPS) is 14.8. The maximum absolute atomic E-state index is 12.9. The second kappa shape index (κ2) is 11.6. The Balaban J connectivity index is 1.77. The minimum Gasteiger partial charge on any atom is -0.490 e. The fraction of sp³-hybridized carbons (Fsp3) is 0.320. The molecule has 2 heterocycles. The summed E-state index contributed by atoms with van der Waals surface area (Å²) in [5, 5.41) is 9.15. The minimum atomic E-state index is -0.576. The first-order valence-electron chi connectivity index (χ1n) is 11.3. The number of esters is 1. The highest BCUT2D eigenvalue weighted by Gasteiger charge is 2.36. The number of ether oxygens (including phenoxy) is 3. The van der Waals surface area contributed by atoms with Crippen LogP contribution < -0.4 is 14.8 Å². The van der Waals surface area contributed by atoms with Gasteiger partial charge in [-0.15, -0.1) is 5.10 Å². The number of halogens is 2. The van der Waals surface area contributed by atoms with Crippen LogP contribution in [0.2, 0.25) is 5.02 Å². The van der Waals surface area contributed by atoms with Crippen molar-refractivity contribution in [2.24, 2.45) is 0 Å². The second-order valence-electron chi connectivity index (χ2n) is 7.83. The molecule has 1 aliphatic rings. The van der Waals surface area contributed by atoms with Gasteiger partial charge in [0.25, 0.3) is 0 Å². The molecule has 0 saturated heterocycles. The van der Waals surface area contributed by atoms with Crippen LogP contribution in [0.3, 0.4) is 0 Å². The van der Waals surface area contributed by atoms with E-state index in [1.807, 2.05) is 57.2 Å². The predicted octanol–water partition coefficient (Wildman–Crippen LogP) is 6.25. The van der Waals surface area contributed by atoms with Crippen molar-refractivity contribution in [3.63, 3.8) is 0 Å². The quantitative estimate of drug-likeness (QED) is 0.230. The van der Waals surface area contributed by atoms with Gasteiger partial charge in [0.15, 0.2) is 11.5 Å². The van der Waals surface area contributed by atoms with Crippen LogP contribution in [-0.4, -0.2) is 40.2 Å². The number of methoxy groups -OCH3 is 1. The number of rotatable bonds is 9. The number of anilines is 1. The number of nitrogens with zero attached hydrogens (tertiary/aromatic N) is 3. The summed E-state index contributed by atoms with van der Waals surface area (Å²) < 4.78 is 19.6. The molecule has 3 aromatic rings. The zero-order valence-corrected chi connectivity index (χ0v) is 23.5. The molecule has 2 aromatic carbocycles. The first-order valence-corrected chi connectivity index (χ1v) is 13.5. The van der Waals surface area contributed by atoms with Crippen LogP contribution in [0.25, 0.3) is 0 Å². The molecule has 190 valence electrons. The number of hydrogen-bond acceptors (Lipinski definition) is 8. The molecule has 0 bridgehead atoms. The first kappa shape index (κ1) is 26.4. The standard InChI is InChI=1S/C25H26BrClN4O4S/c1-5-34-19-12-16(11-18(26)22(19)35-13-15-7-9-17(27)10-8-15)21-20(23(32)33-4)14(3)28-24-29-25(36-6-2)30-31(21)24/h7-12,21H,5-6,13H2,1-4H3,(H,28,29,30). The lowest BCUT2D eigenvalue weighted by Crippen LogP contribution is -2.29. The molecule has 1 unspecified atom stereocenters. The van der Waals surface area contributed by atoms with Gasteiger partial charge in [0.1, 0.15) is 12.6 Å². The molecule has 0 amide bonds. The molecule has 0 spiro atoms. The van der Waals surface area contributed by atoms with Crippen molar-refractivity contribution in [1.29, 1.82) is 0 Å². The van der Waals surface area contributed by atoms with Gasteiger partial charge in [-0.25, -0.2) is 9.48 Å². The van der Waals surface area contributed by atoms with Gasteiger partial charge in [0.05, 0.1) is 23.8 Å². The van der Waals surface area contributed by atoms with Crippen molar-refractivity contribution in [3.05, 3.63) is 68.3 Å². The van der Waals surface area contributed by atoms with E-state index in [1.165, 1.54) is 18.9 Å². The number of carbonyl (C=O) groups excluding carboxylic acids is 1. The van der Waals surface area contributed by atoms with Crippen molar-refractivity contribution >= 4 is 51.2 Å². The molecule has 0 fully saturated rings. The summed E-state index contributed by atoms with van der Waals surface area (Å²) in [4.78, 5) is 17.5. The van der Waals surface area contributed by atoms with Crippen molar-refractivity contribution < 1.29 is 19.0 Å². The Morgan fingerprint density at radius 1 is 1.22 bits per heavy atom. The molecular weight excluding hydrogens is 568 g/mol. The lowest BCUT2D eigenvalue weighted by atomic mass is 9.95. The van der Waals surface area contributed by atoms with Crippen LogP contribution in [-0.2, 0) is 16.1 Å². The summed E-state index contributed by atoms with van der Waals surface area (Å²) >= 11 is 11.2. The smallest absolute Gasteiger partial charge is 0.338 e. The average molecular weight is 594 g/mol. The highest BCUT2D eigenvalue weighted by molar-refractivity contribution is 9.10. The van der Waals surface area contributed by atoms with Gasteiger partial charge in [-0.2, -0.15) is 4.98 Å². The van der Waals surface area contributed by atoms with Gasteiger partial charge in [-0.05, 0) is 70.9 Å². The Morgan fingerprint density at radius 3 is 2.64 bits per heavy atom. The largest absolute Gasteiger partial charge is 0.490 e. The molecule has 1 atom stereocenters. The van der Waals surface area contributed by atoms with Crippen molar-refractivity contribution in [1.82, 2.24) is 14.8 Å². The summed E-state index contributed by atoms with van der Waals surface area (Å²) in [7, 11) is 1.37. The molecule has 1 N–H and O–H groups in total. The van der Waals surface area contributed by atoms with Crippen molar-refractivity contribution in [2.45, 2.75) is 38.6 Å². The topological polar surface area (TPSA) is 87.5 Å². The molecule has 1 aromatic heterocycles. The average Bonchev–Trinajstić information content (AvgIpc) is 3.25.